The molecule has 1 aliphatic heterocycles. The van der Waals surface area contributed by atoms with Gasteiger partial charge in [-0.25, -0.2) is 4.21 Å². The molecule has 0 spiro atoms. The predicted molar refractivity (Wildman–Crippen MR) is 48.9 cm³/mol. The number of nitrogens with zero attached hydrogens (tertiary/aromatic N) is 2. The quantitative estimate of drug-likeness (QED) is 0.586. The van der Waals surface area contributed by atoms with E-state index in [1.165, 1.54) is 0 Å². The van der Waals surface area contributed by atoms with Crippen LogP contribution in [0.25, 0.3) is 0 Å². The molecule has 0 aromatic heterocycles. The fourth-order valence-electron chi connectivity index (χ4n) is 1.77. The summed E-state index contributed by atoms with van der Waals surface area (Å²) in [4.78, 5) is 0. The molecule has 12 heavy (non-hydrogen) atoms. The maximum absolute atomic E-state index is 12.0. The highest BCUT2D eigenvalue weighted by Gasteiger charge is 2.31. The SMILES string of the molecule is CC(C)[C@H]1CCC[S@@]1(=O)=NC#N. The topological polar surface area (TPSA) is 53.2 Å². The lowest BCUT2D eigenvalue weighted by molar-refractivity contribution is 0.569. The second-order valence-corrected chi connectivity index (χ2v) is 6.09. The second-order valence-electron chi connectivity index (χ2n) is 3.51. The summed E-state index contributed by atoms with van der Waals surface area (Å²) in [5.41, 5.74) is 0. The summed E-state index contributed by atoms with van der Waals surface area (Å²) in [6.07, 6.45) is 3.60. The third kappa shape index (κ3) is 1.61. The maximum Gasteiger partial charge on any atom is 0.214 e. The number of hydrogen-bond donors (Lipinski definition) is 0. The van der Waals surface area contributed by atoms with Crippen molar-refractivity contribution < 1.29 is 4.21 Å². The minimum absolute atomic E-state index is 0.136. The average molecular weight is 186 g/mol. The van der Waals surface area contributed by atoms with E-state index < -0.39 is 9.73 Å². The minimum Gasteiger partial charge on any atom is -0.248 e. The fraction of sp³-hybridized carbons (Fsp3) is 0.875. The highest BCUT2D eigenvalue weighted by Crippen LogP contribution is 2.28. The van der Waals surface area contributed by atoms with Crippen molar-refractivity contribution in [3.05, 3.63) is 0 Å². The van der Waals surface area contributed by atoms with Crippen LogP contribution in [0, 0.1) is 17.4 Å². The molecule has 4 heteroatoms. The van der Waals surface area contributed by atoms with Gasteiger partial charge in [0.15, 0.2) is 0 Å². The Hall–Kier alpha value is -0.560. The van der Waals surface area contributed by atoms with Crippen molar-refractivity contribution in [1.82, 2.24) is 0 Å². The molecule has 0 saturated carbocycles. The molecule has 0 aliphatic carbocycles. The zero-order valence-corrected chi connectivity index (χ0v) is 8.30. The molecule has 0 bridgehead atoms. The van der Waals surface area contributed by atoms with Gasteiger partial charge in [-0.15, -0.1) is 4.36 Å². The van der Waals surface area contributed by atoms with E-state index in [4.69, 9.17) is 5.26 Å². The van der Waals surface area contributed by atoms with Crippen molar-refractivity contribution >= 4 is 9.73 Å². The van der Waals surface area contributed by atoms with Gasteiger partial charge in [0, 0.05) is 11.0 Å². The highest BCUT2D eigenvalue weighted by atomic mass is 32.2. The summed E-state index contributed by atoms with van der Waals surface area (Å²) in [7, 11) is -2.18. The molecule has 1 heterocycles. The van der Waals surface area contributed by atoms with Crippen LogP contribution in [0.5, 0.6) is 0 Å². The standard InChI is InChI=1S/C8H14N2OS/c1-7(2)8-4-3-5-12(8,11)10-6-9/h7-8H,3-5H2,1-2H3/t8-,12+/m1/s1. The molecule has 3 nitrogen and oxygen atoms in total. The van der Waals surface area contributed by atoms with Crippen molar-refractivity contribution in [2.45, 2.75) is 31.9 Å². The van der Waals surface area contributed by atoms with Crippen LogP contribution in [0.2, 0.25) is 0 Å². The molecule has 0 radical (unpaired) electrons. The second kappa shape index (κ2) is 3.44. The normalized spacial score (nSPS) is 35.0. The molecule has 1 rings (SSSR count). The first-order chi connectivity index (χ1) is 5.60. The van der Waals surface area contributed by atoms with Gasteiger partial charge in [0.1, 0.15) is 0 Å². The van der Waals surface area contributed by atoms with E-state index in [9.17, 15) is 4.21 Å². The van der Waals surface area contributed by atoms with Gasteiger partial charge < -0.3 is 0 Å². The molecule has 68 valence electrons. The molecule has 2 atom stereocenters. The summed E-state index contributed by atoms with van der Waals surface area (Å²) in [6.45, 7) is 4.09. The van der Waals surface area contributed by atoms with Crippen LogP contribution in [0.1, 0.15) is 26.7 Å². The Balaban J connectivity index is 3.00. The Kier molecular flexibility index (Phi) is 2.73. The lowest BCUT2D eigenvalue weighted by Gasteiger charge is -2.15. The zero-order chi connectivity index (χ0) is 9.19. The molecule has 0 amide bonds. The fourth-order valence-corrected chi connectivity index (χ4v) is 4.40. The van der Waals surface area contributed by atoms with E-state index in [0.717, 1.165) is 12.8 Å². The number of nitriles is 1. The third-order valence-electron chi connectivity index (χ3n) is 2.34. The van der Waals surface area contributed by atoms with Crippen molar-refractivity contribution in [3.63, 3.8) is 0 Å². The van der Waals surface area contributed by atoms with Crippen molar-refractivity contribution in [3.8, 4) is 6.19 Å². The summed E-state index contributed by atoms with van der Waals surface area (Å²) in [5.74, 6) is 0.987. The molecular weight excluding hydrogens is 172 g/mol. The lowest BCUT2D eigenvalue weighted by atomic mass is 10.1. The zero-order valence-electron chi connectivity index (χ0n) is 7.49. The lowest BCUT2D eigenvalue weighted by Crippen LogP contribution is -2.21. The molecule has 1 saturated heterocycles. The Labute approximate surface area is 74.0 Å². The van der Waals surface area contributed by atoms with Gasteiger partial charge in [-0.05, 0) is 18.8 Å². The molecule has 0 N–H and O–H groups in total. The van der Waals surface area contributed by atoms with Gasteiger partial charge in [-0.3, -0.25) is 0 Å². The molecule has 1 aliphatic rings. The molecule has 0 aromatic carbocycles. The van der Waals surface area contributed by atoms with E-state index in [-0.39, 0.29) is 5.25 Å². The number of rotatable bonds is 1. The van der Waals surface area contributed by atoms with Gasteiger partial charge in [-0.1, -0.05) is 13.8 Å². The largest absolute Gasteiger partial charge is 0.248 e. The Morgan fingerprint density at radius 2 is 2.33 bits per heavy atom. The van der Waals surface area contributed by atoms with Crippen LogP contribution in [0.3, 0.4) is 0 Å². The van der Waals surface area contributed by atoms with Gasteiger partial charge >= 0.3 is 0 Å². The van der Waals surface area contributed by atoms with Crippen LogP contribution >= 0.6 is 0 Å². The van der Waals surface area contributed by atoms with E-state index in [2.05, 4.69) is 4.36 Å². The van der Waals surface area contributed by atoms with Crippen LogP contribution in [-0.2, 0) is 9.73 Å². The van der Waals surface area contributed by atoms with Crippen LogP contribution in [-0.4, -0.2) is 15.2 Å². The van der Waals surface area contributed by atoms with Crippen LogP contribution in [0.15, 0.2) is 4.36 Å². The monoisotopic (exact) mass is 186 g/mol. The smallest absolute Gasteiger partial charge is 0.214 e. The summed E-state index contributed by atoms with van der Waals surface area (Å²) in [5, 5.41) is 8.53. The minimum atomic E-state index is -2.18. The Morgan fingerprint density at radius 1 is 1.67 bits per heavy atom. The Bertz CT molecular complexity index is 308. The molecular formula is C8H14N2OS. The maximum atomic E-state index is 12.0. The molecule has 0 aromatic rings. The van der Waals surface area contributed by atoms with Gasteiger partial charge in [0.2, 0.25) is 6.19 Å². The van der Waals surface area contributed by atoms with E-state index in [1.54, 1.807) is 6.19 Å². The first-order valence-corrected chi connectivity index (χ1v) is 5.96. The van der Waals surface area contributed by atoms with Gasteiger partial charge in [-0.2, -0.15) is 5.26 Å². The van der Waals surface area contributed by atoms with E-state index in [0.29, 0.717) is 11.7 Å². The predicted octanol–water partition coefficient (Wildman–Crippen LogP) is 1.75. The summed E-state index contributed by atoms with van der Waals surface area (Å²) < 4.78 is 15.6. The van der Waals surface area contributed by atoms with E-state index >= 15 is 0 Å². The van der Waals surface area contributed by atoms with Gasteiger partial charge in [0.05, 0.1) is 9.73 Å². The number of hydrogen-bond acceptors (Lipinski definition) is 3. The van der Waals surface area contributed by atoms with Crippen molar-refractivity contribution in [1.29, 1.82) is 5.26 Å². The highest BCUT2D eigenvalue weighted by molar-refractivity contribution is 7.94. The summed E-state index contributed by atoms with van der Waals surface area (Å²) in [6, 6.07) is 0. The van der Waals surface area contributed by atoms with Crippen LogP contribution in [0.4, 0.5) is 0 Å². The first-order valence-electron chi connectivity index (χ1n) is 4.22. The molecule has 1 fully saturated rings. The first kappa shape index (κ1) is 9.53. The van der Waals surface area contributed by atoms with Crippen molar-refractivity contribution in [2.75, 3.05) is 5.75 Å². The van der Waals surface area contributed by atoms with E-state index in [1.807, 2.05) is 13.8 Å². The average Bonchev–Trinajstić information content (AvgIpc) is 2.32. The third-order valence-corrected chi connectivity index (χ3v) is 5.33. The Morgan fingerprint density at radius 3 is 2.83 bits per heavy atom. The van der Waals surface area contributed by atoms with Crippen LogP contribution < -0.4 is 0 Å². The molecule has 0 unspecified atom stereocenters. The van der Waals surface area contributed by atoms with Crippen molar-refractivity contribution in [2.24, 2.45) is 10.3 Å². The van der Waals surface area contributed by atoms with Gasteiger partial charge in [0.25, 0.3) is 0 Å². The summed E-state index contributed by atoms with van der Waals surface area (Å²) >= 11 is 0.